The Morgan fingerprint density at radius 1 is 1.19 bits per heavy atom. The third kappa shape index (κ3) is 5.97. The number of carbonyl (C=O) groups is 1. The van der Waals surface area contributed by atoms with Gasteiger partial charge in [0.05, 0.1) is 0 Å². The van der Waals surface area contributed by atoms with E-state index in [1.807, 2.05) is 26.8 Å². The van der Waals surface area contributed by atoms with Gasteiger partial charge in [-0.1, -0.05) is 13.8 Å². The molecule has 1 aromatic rings. The van der Waals surface area contributed by atoms with Crippen molar-refractivity contribution in [3.63, 3.8) is 0 Å². The number of hydrogen-bond acceptors (Lipinski definition) is 5. The highest BCUT2D eigenvalue weighted by Crippen LogP contribution is 2.13. The molecule has 0 spiro atoms. The average molecular weight is 293 g/mol. The van der Waals surface area contributed by atoms with E-state index in [4.69, 9.17) is 0 Å². The van der Waals surface area contributed by atoms with E-state index >= 15 is 0 Å². The Bertz CT molecular complexity index is 425. The molecule has 1 atom stereocenters. The van der Waals surface area contributed by atoms with Crippen molar-refractivity contribution in [1.29, 1.82) is 0 Å². The van der Waals surface area contributed by atoms with Gasteiger partial charge >= 0.3 is 0 Å². The molecule has 0 bridgehead atoms. The average Bonchev–Trinajstić information content (AvgIpc) is 2.45. The summed E-state index contributed by atoms with van der Waals surface area (Å²) in [5.74, 6) is 2.25. The third-order valence-corrected chi connectivity index (χ3v) is 2.91. The Labute approximate surface area is 127 Å². The zero-order valence-electron chi connectivity index (χ0n) is 13.5. The fourth-order valence-electron chi connectivity index (χ4n) is 1.87. The summed E-state index contributed by atoms with van der Waals surface area (Å²) in [5, 5.41) is 9.21. The quantitative estimate of drug-likeness (QED) is 0.650. The lowest BCUT2D eigenvalue weighted by Gasteiger charge is -2.16. The number of hydrogen-bond donors (Lipinski definition) is 3. The zero-order valence-corrected chi connectivity index (χ0v) is 13.5. The zero-order chi connectivity index (χ0) is 15.7. The molecule has 6 nitrogen and oxygen atoms in total. The minimum Gasteiger partial charge on any atom is -0.370 e. The number of nitrogens with one attached hydrogen (secondary N) is 3. The van der Waals surface area contributed by atoms with Gasteiger partial charge in [0.15, 0.2) is 0 Å². The van der Waals surface area contributed by atoms with Crippen molar-refractivity contribution in [3.05, 3.63) is 11.9 Å². The van der Waals surface area contributed by atoms with Crippen molar-refractivity contribution in [2.75, 3.05) is 23.7 Å². The number of anilines is 2. The molecule has 1 amide bonds. The first-order valence-corrected chi connectivity index (χ1v) is 7.76. The first-order valence-electron chi connectivity index (χ1n) is 7.76. The van der Waals surface area contributed by atoms with Gasteiger partial charge in [-0.25, -0.2) is 9.97 Å². The normalized spacial score (nSPS) is 11.8. The van der Waals surface area contributed by atoms with Crippen LogP contribution in [0.2, 0.25) is 0 Å². The molecule has 0 saturated heterocycles. The predicted octanol–water partition coefficient (Wildman–Crippen LogP) is 2.19. The predicted molar refractivity (Wildman–Crippen MR) is 86.6 cm³/mol. The number of carbonyl (C=O) groups excluding carboxylic acids is 1. The van der Waals surface area contributed by atoms with E-state index < -0.39 is 0 Å². The molecule has 1 rings (SSSR count). The topological polar surface area (TPSA) is 78.9 Å². The van der Waals surface area contributed by atoms with Crippen LogP contribution in [0.25, 0.3) is 0 Å². The Balaban J connectivity index is 2.78. The van der Waals surface area contributed by atoms with Crippen LogP contribution in [-0.2, 0) is 11.2 Å². The lowest BCUT2D eigenvalue weighted by Crippen LogP contribution is -2.38. The maximum absolute atomic E-state index is 11.9. The molecule has 1 heterocycles. The third-order valence-electron chi connectivity index (χ3n) is 2.91. The molecule has 0 radical (unpaired) electrons. The molecule has 1 aromatic heterocycles. The molecular formula is C15H27N5O. The Morgan fingerprint density at radius 2 is 1.90 bits per heavy atom. The van der Waals surface area contributed by atoms with E-state index in [2.05, 4.69) is 32.8 Å². The first kappa shape index (κ1) is 17.2. The van der Waals surface area contributed by atoms with Crippen LogP contribution in [0.5, 0.6) is 0 Å². The molecule has 118 valence electrons. The Morgan fingerprint density at radius 3 is 2.52 bits per heavy atom. The number of aromatic nitrogens is 2. The second-order valence-electron chi connectivity index (χ2n) is 4.99. The van der Waals surface area contributed by atoms with Crippen molar-refractivity contribution >= 4 is 17.5 Å². The molecule has 0 saturated carbocycles. The molecule has 0 aliphatic carbocycles. The smallest absolute Gasteiger partial charge is 0.242 e. The number of nitrogens with zero attached hydrogens (tertiary/aromatic N) is 2. The molecule has 1 unspecified atom stereocenters. The van der Waals surface area contributed by atoms with E-state index in [1.165, 1.54) is 0 Å². The summed E-state index contributed by atoms with van der Waals surface area (Å²) in [4.78, 5) is 20.8. The van der Waals surface area contributed by atoms with Crippen LogP contribution in [0.3, 0.4) is 0 Å². The first-order chi connectivity index (χ1) is 10.1. The largest absolute Gasteiger partial charge is 0.370 e. The molecule has 6 heteroatoms. The molecule has 0 aliphatic heterocycles. The van der Waals surface area contributed by atoms with Crippen LogP contribution in [0.15, 0.2) is 6.07 Å². The molecule has 0 aromatic carbocycles. The van der Waals surface area contributed by atoms with E-state index in [1.54, 1.807) is 0 Å². The maximum atomic E-state index is 11.9. The molecule has 3 N–H and O–H groups in total. The second kappa shape index (κ2) is 9.15. The second-order valence-corrected chi connectivity index (χ2v) is 4.99. The van der Waals surface area contributed by atoms with E-state index in [0.29, 0.717) is 12.4 Å². The fourth-order valence-corrected chi connectivity index (χ4v) is 1.87. The monoisotopic (exact) mass is 293 g/mol. The van der Waals surface area contributed by atoms with Crippen LogP contribution in [-0.4, -0.2) is 35.0 Å². The Kier molecular flexibility index (Phi) is 7.50. The van der Waals surface area contributed by atoms with Crippen molar-refractivity contribution in [3.8, 4) is 0 Å². The van der Waals surface area contributed by atoms with E-state index in [0.717, 1.165) is 37.4 Å². The number of rotatable bonds is 9. The highest BCUT2D eigenvalue weighted by atomic mass is 16.2. The van der Waals surface area contributed by atoms with Gasteiger partial charge in [0, 0.05) is 25.6 Å². The van der Waals surface area contributed by atoms with Crippen LogP contribution in [0.1, 0.15) is 46.4 Å². The van der Waals surface area contributed by atoms with Gasteiger partial charge in [-0.15, -0.1) is 0 Å². The lowest BCUT2D eigenvalue weighted by molar-refractivity contribution is -0.121. The van der Waals surface area contributed by atoms with Crippen molar-refractivity contribution in [2.24, 2.45) is 0 Å². The van der Waals surface area contributed by atoms with Crippen LogP contribution >= 0.6 is 0 Å². The number of aryl methyl sites for hydroxylation is 1. The SMILES string of the molecule is CCCNC(=O)C(C)Nc1cc(NCC)nc(CCC)n1. The summed E-state index contributed by atoms with van der Waals surface area (Å²) in [7, 11) is 0. The van der Waals surface area contributed by atoms with Crippen molar-refractivity contribution in [1.82, 2.24) is 15.3 Å². The fraction of sp³-hybridized carbons (Fsp3) is 0.667. The van der Waals surface area contributed by atoms with Gasteiger partial charge in [0.2, 0.25) is 5.91 Å². The van der Waals surface area contributed by atoms with Gasteiger partial charge in [0.25, 0.3) is 0 Å². The van der Waals surface area contributed by atoms with Crippen LogP contribution < -0.4 is 16.0 Å². The van der Waals surface area contributed by atoms with Crippen LogP contribution in [0.4, 0.5) is 11.6 Å². The highest BCUT2D eigenvalue weighted by molar-refractivity contribution is 5.83. The highest BCUT2D eigenvalue weighted by Gasteiger charge is 2.13. The van der Waals surface area contributed by atoms with E-state index in [9.17, 15) is 4.79 Å². The van der Waals surface area contributed by atoms with Crippen molar-refractivity contribution in [2.45, 2.75) is 53.0 Å². The minimum absolute atomic E-state index is 0.0162. The van der Waals surface area contributed by atoms with Gasteiger partial charge in [-0.05, 0) is 26.7 Å². The maximum Gasteiger partial charge on any atom is 0.242 e. The van der Waals surface area contributed by atoms with Gasteiger partial charge in [0.1, 0.15) is 23.5 Å². The van der Waals surface area contributed by atoms with Gasteiger partial charge in [-0.2, -0.15) is 0 Å². The van der Waals surface area contributed by atoms with Gasteiger partial charge in [-0.3, -0.25) is 4.79 Å². The summed E-state index contributed by atoms with van der Waals surface area (Å²) < 4.78 is 0. The summed E-state index contributed by atoms with van der Waals surface area (Å²) >= 11 is 0. The summed E-state index contributed by atoms with van der Waals surface area (Å²) in [5.41, 5.74) is 0. The summed E-state index contributed by atoms with van der Waals surface area (Å²) in [6.45, 7) is 9.47. The number of amides is 1. The summed E-state index contributed by atoms with van der Waals surface area (Å²) in [6, 6.07) is 1.52. The Hall–Kier alpha value is -1.85. The van der Waals surface area contributed by atoms with Gasteiger partial charge < -0.3 is 16.0 Å². The van der Waals surface area contributed by atoms with Crippen LogP contribution in [0, 0.1) is 0 Å². The molecule has 0 aliphatic rings. The molecule has 0 fully saturated rings. The van der Waals surface area contributed by atoms with Crippen molar-refractivity contribution < 1.29 is 4.79 Å². The lowest BCUT2D eigenvalue weighted by atomic mass is 10.3. The van der Waals surface area contributed by atoms with E-state index in [-0.39, 0.29) is 11.9 Å². The molecule has 21 heavy (non-hydrogen) atoms. The minimum atomic E-state index is -0.324. The summed E-state index contributed by atoms with van der Waals surface area (Å²) in [6.07, 6.45) is 2.74. The standard InChI is InChI=1S/C15H27N5O/c1-5-8-12-19-13(16-7-3)10-14(20-12)18-11(4)15(21)17-9-6-2/h10-11H,5-9H2,1-4H3,(H,17,21)(H2,16,18,19,20). The molecular weight excluding hydrogens is 266 g/mol.